The smallest absolute Gasteiger partial charge is 0.329 e. The van der Waals surface area contributed by atoms with E-state index in [0.29, 0.717) is 244 Å². The number of aliphatic carboxylic acids is 1. The molecule has 0 saturated carbocycles. The van der Waals surface area contributed by atoms with Crippen LogP contribution in [0.25, 0.3) is 0 Å². The lowest BCUT2D eigenvalue weighted by atomic mass is 9.72. The summed E-state index contributed by atoms with van der Waals surface area (Å²) >= 11 is 0. The van der Waals surface area contributed by atoms with Gasteiger partial charge in [-0.15, -0.1) is 0 Å². The number of hydrogen-bond donors (Lipinski definition) is 1. The summed E-state index contributed by atoms with van der Waals surface area (Å²) in [5.41, 5.74) is 1.71. The second-order valence-corrected chi connectivity index (χ2v) is 18.5. The molecule has 448 valence electrons. The van der Waals surface area contributed by atoms with Crippen molar-refractivity contribution >= 4 is 5.97 Å². The number of ether oxygens (including phenoxy) is 20. The highest BCUT2D eigenvalue weighted by molar-refractivity contribution is 5.67. The zero-order valence-electron chi connectivity index (χ0n) is 47.1. The molecule has 0 fully saturated rings. The molecule has 0 amide bonds. The topological polar surface area (TPSA) is 222 Å². The largest absolute Gasteiger partial charge is 0.491 e. The maximum atomic E-state index is 10.3. The van der Waals surface area contributed by atoms with Crippen molar-refractivity contribution in [2.45, 2.75) is 46.5 Å². The van der Waals surface area contributed by atoms with Crippen LogP contribution in [0.1, 0.15) is 46.6 Å². The van der Waals surface area contributed by atoms with E-state index in [4.69, 9.17) is 99.8 Å². The minimum absolute atomic E-state index is 0.114. The van der Waals surface area contributed by atoms with Crippen LogP contribution < -0.4 is 4.74 Å². The van der Waals surface area contributed by atoms with E-state index in [2.05, 4.69) is 46.8 Å². The molecule has 1 rings (SSSR count). The van der Waals surface area contributed by atoms with Gasteiger partial charge < -0.3 is 99.8 Å². The zero-order chi connectivity index (χ0) is 55.0. The van der Waals surface area contributed by atoms with Crippen molar-refractivity contribution in [3.8, 4) is 5.75 Å². The van der Waals surface area contributed by atoms with Crippen LogP contribution in [-0.4, -0.2) is 269 Å². The lowest BCUT2D eigenvalue weighted by Crippen LogP contribution is -2.24. The molecule has 0 aliphatic heterocycles. The van der Waals surface area contributed by atoms with Gasteiger partial charge in [0.05, 0.1) is 244 Å². The first kappa shape index (κ1) is 71.7. The first-order valence-electron chi connectivity index (χ1n) is 27.0. The van der Waals surface area contributed by atoms with Crippen LogP contribution in [0, 0.1) is 5.41 Å². The third-order valence-electron chi connectivity index (χ3n) is 10.0. The number of rotatable bonds is 62. The maximum Gasteiger partial charge on any atom is 0.329 e. The van der Waals surface area contributed by atoms with Crippen LogP contribution in [0.4, 0.5) is 0 Å². The van der Waals surface area contributed by atoms with Crippen LogP contribution in [0.2, 0.25) is 0 Å². The molecule has 1 aromatic rings. The van der Waals surface area contributed by atoms with Crippen molar-refractivity contribution < 1.29 is 105 Å². The maximum absolute atomic E-state index is 10.3. The van der Waals surface area contributed by atoms with E-state index < -0.39 is 5.97 Å². The summed E-state index contributed by atoms with van der Waals surface area (Å²) in [7, 11) is 0. The Labute approximate surface area is 454 Å². The third-order valence-corrected chi connectivity index (χ3v) is 10.0. The SMILES string of the molecule is CC(C)(C)CC(C)(C)c1ccc(OCCOCCOCCOCCOCCOCCOCCOCCOCCOCCOCCOCCOCCOCCOCCOCCOCCOCCOCCOCC(=O)O)cc1. The third kappa shape index (κ3) is 53.7. The van der Waals surface area contributed by atoms with Gasteiger partial charge in [-0.25, -0.2) is 4.79 Å². The highest BCUT2D eigenvalue weighted by Crippen LogP contribution is 2.36. The minimum atomic E-state index is -1.00. The monoisotopic (exact) mass is 1100 g/mol. The van der Waals surface area contributed by atoms with E-state index in [0.717, 1.165) is 12.2 Å². The fourth-order valence-electron chi connectivity index (χ4n) is 6.77. The molecule has 22 nitrogen and oxygen atoms in total. The van der Waals surface area contributed by atoms with Crippen LogP contribution in [0.15, 0.2) is 24.3 Å². The first-order valence-corrected chi connectivity index (χ1v) is 27.0. The summed E-state index contributed by atoms with van der Waals surface area (Å²) in [5, 5.41) is 8.46. The fourth-order valence-corrected chi connectivity index (χ4v) is 6.77. The van der Waals surface area contributed by atoms with Gasteiger partial charge in [-0.05, 0) is 34.9 Å². The first-order chi connectivity index (χ1) is 37.1. The molecule has 0 heterocycles. The minimum Gasteiger partial charge on any atom is -0.491 e. The summed E-state index contributed by atoms with van der Waals surface area (Å²) in [6.45, 7) is 29.0. The van der Waals surface area contributed by atoms with Crippen molar-refractivity contribution in [1.82, 2.24) is 0 Å². The van der Waals surface area contributed by atoms with Gasteiger partial charge in [0, 0.05) is 0 Å². The lowest BCUT2D eigenvalue weighted by Gasteiger charge is -2.33. The summed E-state index contributed by atoms with van der Waals surface area (Å²) < 4.78 is 110. The van der Waals surface area contributed by atoms with Crippen molar-refractivity contribution in [3.63, 3.8) is 0 Å². The number of hydrogen-bond acceptors (Lipinski definition) is 21. The van der Waals surface area contributed by atoms with E-state index >= 15 is 0 Å². The van der Waals surface area contributed by atoms with Crippen LogP contribution in [0.5, 0.6) is 5.75 Å². The van der Waals surface area contributed by atoms with Crippen molar-refractivity contribution in [3.05, 3.63) is 29.8 Å². The number of benzene rings is 1. The normalized spacial score (nSPS) is 12.1. The van der Waals surface area contributed by atoms with Gasteiger partial charge in [0.25, 0.3) is 0 Å². The molecule has 0 spiro atoms. The average Bonchev–Trinajstić information content (AvgIpc) is 3.38. The molecule has 0 unspecified atom stereocenters. The second-order valence-electron chi connectivity index (χ2n) is 18.5. The molecule has 76 heavy (non-hydrogen) atoms. The number of carbonyl (C=O) groups is 1. The Balaban J connectivity index is 1.64. The molecule has 0 aliphatic rings. The Bertz CT molecular complexity index is 1340. The molecule has 0 atom stereocenters. The Hall–Kier alpha value is -2.27. The predicted molar refractivity (Wildman–Crippen MR) is 282 cm³/mol. The predicted octanol–water partition coefficient (Wildman–Crippen LogP) is 4.18. The molecule has 1 aromatic carbocycles. The lowest BCUT2D eigenvalue weighted by molar-refractivity contribution is -0.142. The summed E-state index contributed by atoms with van der Waals surface area (Å²) in [5.74, 6) is -0.146. The van der Waals surface area contributed by atoms with Crippen molar-refractivity contribution in [1.29, 1.82) is 0 Å². The summed E-state index contributed by atoms with van der Waals surface area (Å²) in [6.07, 6.45) is 1.11. The van der Waals surface area contributed by atoms with Gasteiger partial charge in [0.1, 0.15) is 19.0 Å². The van der Waals surface area contributed by atoms with Gasteiger partial charge in [-0.2, -0.15) is 0 Å². The van der Waals surface area contributed by atoms with Crippen LogP contribution in [-0.2, 0) is 100 Å². The zero-order valence-corrected chi connectivity index (χ0v) is 47.1. The molecule has 1 N–H and O–H groups in total. The number of carboxylic acid groups (broad SMARTS) is 1. The summed E-state index contributed by atoms with van der Waals surface area (Å²) in [4.78, 5) is 10.3. The molecule has 0 aromatic heterocycles. The quantitative estimate of drug-likeness (QED) is 0.0904. The fraction of sp³-hybridized carbons (Fsp3) is 0.870. The van der Waals surface area contributed by atoms with E-state index in [1.54, 1.807) is 0 Å². The van der Waals surface area contributed by atoms with Gasteiger partial charge in [-0.1, -0.05) is 46.8 Å². The average molecular weight is 1100 g/mol. The van der Waals surface area contributed by atoms with E-state index in [9.17, 15) is 4.79 Å². The molecule has 0 aliphatic carbocycles. The molecule has 0 saturated heterocycles. The Morgan fingerprint density at radius 2 is 0.487 bits per heavy atom. The molecule has 22 heteroatoms. The van der Waals surface area contributed by atoms with Crippen LogP contribution >= 0.6 is 0 Å². The Morgan fingerprint density at radius 3 is 0.671 bits per heavy atom. The summed E-state index contributed by atoms with van der Waals surface area (Å²) in [6, 6.07) is 8.41. The van der Waals surface area contributed by atoms with Crippen LogP contribution in [0.3, 0.4) is 0 Å². The van der Waals surface area contributed by atoms with Gasteiger partial charge in [-0.3, -0.25) is 0 Å². The second kappa shape index (κ2) is 54.7. The highest BCUT2D eigenvalue weighted by atomic mass is 16.6. The Kier molecular flexibility index (Phi) is 51.6. The Morgan fingerprint density at radius 1 is 0.303 bits per heavy atom. The van der Waals surface area contributed by atoms with Gasteiger partial charge in [0.2, 0.25) is 0 Å². The van der Waals surface area contributed by atoms with E-state index in [1.807, 2.05) is 12.1 Å². The van der Waals surface area contributed by atoms with Crippen molar-refractivity contribution in [2.75, 3.05) is 258 Å². The van der Waals surface area contributed by atoms with E-state index in [-0.39, 0.29) is 24.0 Å². The van der Waals surface area contributed by atoms with Gasteiger partial charge >= 0.3 is 5.97 Å². The van der Waals surface area contributed by atoms with E-state index in [1.165, 1.54) is 5.56 Å². The molecule has 0 radical (unpaired) electrons. The molecular formula is C54H100O22. The van der Waals surface area contributed by atoms with Crippen molar-refractivity contribution in [2.24, 2.45) is 5.41 Å². The number of carboxylic acids is 1. The van der Waals surface area contributed by atoms with Gasteiger partial charge in [0.15, 0.2) is 0 Å². The standard InChI is InChI=1S/C54H100O22/c1-53(2,3)49-54(4,5)50-6-8-51(9-7-50)76-47-46-74-43-42-72-39-38-70-35-34-68-31-30-66-27-26-64-23-22-62-19-18-60-15-14-58-11-10-57-12-13-59-16-17-61-20-21-63-24-25-65-28-29-67-32-33-69-36-37-71-40-41-73-44-45-75-48-52(55)56/h6-9H,10-49H2,1-5H3,(H,55,56). The molecular weight excluding hydrogens is 1000 g/mol. The molecule has 0 bridgehead atoms. The highest BCUT2D eigenvalue weighted by Gasteiger charge is 2.27.